The second kappa shape index (κ2) is 6.01. The first kappa shape index (κ1) is 12.4. The van der Waals surface area contributed by atoms with Crippen LogP contribution in [0.2, 0.25) is 0 Å². The molecule has 2 rings (SSSR count). The van der Waals surface area contributed by atoms with Crippen LogP contribution >= 0.6 is 0 Å². The molecule has 0 saturated heterocycles. The predicted molar refractivity (Wildman–Crippen MR) is 75.3 cm³/mol. The molecule has 0 saturated carbocycles. The van der Waals surface area contributed by atoms with Crippen molar-refractivity contribution in [3.63, 3.8) is 0 Å². The monoisotopic (exact) mass is 239 g/mol. The standard InChI is InChI=1S/C16H17NO/c1-13(2)18-16(14-9-5-3-6-10-14)17-15-11-7-4-8-12-15/h3-13H,1-2H3. The van der Waals surface area contributed by atoms with Crippen LogP contribution < -0.4 is 0 Å². The van der Waals surface area contributed by atoms with Gasteiger partial charge in [-0.3, -0.25) is 0 Å². The lowest BCUT2D eigenvalue weighted by molar-refractivity contribution is 0.230. The molecule has 2 aromatic carbocycles. The number of aliphatic imine (C=N–C) groups is 1. The Morgan fingerprint density at radius 1 is 0.889 bits per heavy atom. The van der Waals surface area contributed by atoms with E-state index in [1.165, 1.54) is 0 Å². The molecule has 0 heterocycles. The third-order valence-corrected chi connectivity index (χ3v) is 2.35. The topological polar surface area (TPSA) is 21.6 Å². The van der Waals surface area contributed by atoms with Crippen LogP contribution in [0.25, 0.3) is 0 Å². The van der Waals surface area contributed by atoms with Crippen LogP contribution in [0.3, 0.4) is 0 Å². The quantitative estimate of drug-likeness (QED) is 0.581. The summed E-state index contributed by atoms with van der Waals surface area (Å²) in [5.41, 5.74) is 1.90. The van der Waals surface area contributed by atoms with Crippen molar-refractivity contribution in [2.75, 3.05) is 0 Å². The van der Waals surface area contributed by atoms with Crippen molar-refractivity contribution in [2.45, 2.75) is 20.0 Å². The number of hydrogen-bond donors (Lipinski definition) is 0. The summed E-state index contributed by atoms with van der Waals surface area (Å²) >= 11 is 0. The summed E-state index contributed by atoms with van der Waals surface area (Å²) in [6, 6.07) is 19.8. The van der Waals surface area contributed by atoms with Gasteiger partial charge in [-0.15, -0.1) is 0 Å². The van der Waals surface area contributed by atoms with Gasteiger partial charge >= 0.3 is 0 Å². The third kappa shape index (κ3) is 3.45. The first-order valence-electron chi connectivity index (χ1n) is 6.11. The molecule has 0 fully saturated rings. The van der Waals surface area contributed by atoms with E-state index in [4.69, 9.17) is 4.74 Å². The SMILES string of the molecule is CC(C)OC(=Nc1ccccc1)c1ccccc1. The maximum absolute atomic E-state index is 5.79. The Kier molecular flexibility index (Phi) is 4.13. The van der Waals surface area contributed by atoms with Crippen molar-refractivity contribution in [2.24, 2.45) is 4.99 Å². The molecule has 2 nitrogen and oxygen atoms in total. The molecular formula is C16H17NO. The molecule has 0 aliphatic carbocycles. The zero-order chi connectivity index (χ0) is 12.8. The van der Waals surface area contributed by atoms with Gasteiger partial charge in [0, 0.05) is 5.56 Å². The summed E-state index contributed by atoms with van der Waals surface area (Å²) in [7, 11) is 0. The van der Waals surface area contributed by atoms with Crippen molar-refractivity contribution in [3.8, 4) is 0 Å². The molecule has 0 aliphatic rings. The molecule has 0 unspecified atom stereocenters. The number of rotatable bonds is 3. The largest absolute Gasteiger partial charge is 0.475 e. The van der Waals surface area contributed by atoms with E-state index in [1.54, 1.807) is 0 Å². The Morgan fingerprint density at radius 2 is 1.44 bits per heavy atom. The third-order valence-electron chi connectivity index (χ3n) is 2.35. The van der Waals surface area contributed by atoms with Crippen LogP contribution in [0.4, 0.5) is 5.69 Å². The predicted octanol–water partition coefficient (Wildman–Crippen LogP) is 4.19. The van der Waals surface area contributed by atoms with Crippen molar-refractivity contribution in [1.29, 1.82) is 0 Å². The summed E-state index contributed by atoms with van der Waals surface area (Å²) < 4.78 is 5.79. The molecule has 0 amide bonds. The lowest BCUT2D eigenvalue weighted by Gasteiger charge is -2.12. The van der Waals surface area contributed by atoms with Gasteiger partial charge in [0.2, 0.25) is 5.90 Å². The fourth-order valence-corrected chi connectivity index (χ4v) is 1.58. The lowest BCUT2D eigenvalue weighted by Crippen LogP contribution is -2.12. The molecule has 0 radical (unpaired) electrons. The van der Waals surface area contributed by atoms with E-state index in [1.807, 2.05) is 74.5 Å². The minimum atomic E-state index is 0.104. The van der Waals surface area contributed by atoms with Crippen LogP contribution in [0, 0.1) is 0 Å². The highest BCUT2D eigenvalue weighted by atomic mass is 16.5. The molecule has 0 aromatic heterocycles. The molecule has 2 aromatic rings. The van der Waals surface area contributed by atoms with Gasteiger partial charge in [0.1, 0.15) is 0 Å². The summed E-state index contributed by atoms with van der Waals surface area (Å²) in [5.74, 6) is 0.664. The first-order valence-corrected chi connectivity index (χ1v) is 6.11. The summed E-state index contributed by atoms with van der Waals surface area (Å²) in [6.07, 6.45) is 0.104. The molecule has 0 aliphatic heterocycles. The highest BCUT2D eigenvalue weighted by molar-refractivity contribution is 5.95. The van der Waals surface area contributed by atoms with E-state index < -0.39 is 0 Å². The van der Waals surface area contributed by atoms with E-state index in [9.17, 15) is 0 Å². The summed E-state index contributed by atoms with van der Waals surface area (Å²) in [5, 5.41) is 0. The Morgan fingerprint density at radius 3 is 2.00 bits per heavy atom. The Bertz CT molecular complexity index is 503. The number of hydrogen-bond acceptors (Lipinski definition) is 2. The number of para-hydroxylation sites is 1. The second-order valence-electron chi connectivity index (χ2n) is 4.29. The molecule has 18 heavy (non-hydrogen) atoms. The highest BCUT2D eigenvalue weighted by Gasteiger charge is 2.06. The average Bonchev–Trinajstić information content (AvgIpc) is 2.40. The Hall–Kier alpha value is -2.09. The minimum Gasteiger partial charge on any atom is -0.475 e. The average molecular weight is 239 g/mol. The van der Waals surface area contributed by atoms with Gasteiger partial charge in [-0.05, 0) is 38.1 Å². The molecule has 0 atom stereocenters. The van der Waals surface area contributed by atoms with E-state index in [-0.39, 0.29) is 6.10 Å². The zero-order valence-electron chi connectivity index (χ0n) is 10.7. The second-order valence-corrected chi connectivity index (χ2v) is 4.29. The summed E-state index contributed by atoms with van der Waals surface area (Å²) in [4.78, 5) is 4.56. The Balaban J connectivity index is 2.34. The maximum atomic E-state index is 5.79. The van der Waals surface area contributed by atoms with Gasteiger partial charge < -0.3 is 4.74 Å². The van der Waals surface area contributed by atoms with E-state index in [0.717, 1.165) is 11.3 Å². The minimum absolute atomic E-state index is 0.104. The molecule has 0 spiro atoms. The van der Waals surface area contributed by atoms with Crippen LogP contribution in [0.5, 0.6) is 0 Å². The van der Waals surface area contributed by atoms with Crippen molar-refractivity contribution in [3.05, 3.63) is 66.2 Å². The fraction of sp³-hybridized carbons (Fsp3) is 0.188. The molecule has 92 valence electrons. The molecule has 0 N–H and O–H groups in total. The smallest absolute Gasteiger partial charge is 0.221 e. The zero-order valence-corrected chi connectivity index (χ0v) is 10.7. The van der Waals surface area contributed by atoms with E-state index in [0.29, 0.717) is 5.90 Å². The van der Waals surface area contributed by atoms with Gasteiger partial charge in [-0.1, -0.05) is 36.4 Å². The first-order chi connectivity index (χ1) is 8.75. The van der Waals surface area contributed by atoms with Crippen molar-refractivity contribution in [1.82, 2.24) is 0 Å². The van der Waals surface area contributed by atoms with Crippen LogP contribution in [0.15, 0.2) is 65.7 Å². The summed E-state index contributed by atoms with van der Waals surface area (Å²) in [6.45, 7) is 4.01. The lowest BCUT2D eigenvalue weighted by atomic mass is 10.2. The van der Waals surface area contributed by atoms with Gasteiger partial charge in [-0.2, -0.15) is 0 Å². The molecule has 0 bridgehead atoms. The number of nitrogens with zero attached hydrogens (tertiary/aromatic N) is 1. The normalized spacial score (nSPS) is 11.6. The van der Waals surface area contributed by atoms with Crippen molar-refractivity contribution >= 4 is 11.6 Å². The van der Waals surface area contributed by atoms with Crippen molar-refractivity contribution < 1.29 is 4.74 Å². The highest BCUT2D eigenvalue weighted by Crippen LogP contribution is 2.14. The number of ether oxygens (including phenoxy) is 1. The number of benzene rings is 2. The Labute approximate surface area is 108 Å². The fourth-order valence-electron chi connectivity index (χ4n) is 1.58. The van der Waals surface area contributed by atoms with Crippen LogP contribution in [-0.2, 0) is 4.74 Å². The van der Waals surface area contributed by atoms with Gasteiger partial charge in [0.05, 0.1) is 11.8 Å². The maximum Gasteiger partial charge on any atom is 0.221 e. The van der Waals surface area contributed by atoms with Gasteiger partial charge in [-0.25, -0.2) is 4.99 Å². The van der Waals surface area contributed by atoms with E-state index in [2.05, 4.69) is 4.99 Å². The molecular weight excluding hydrogens is 222 g/mol. The van der Waals surface area contributed by atoms with Gasteiger partial charge in [0.15, 0.2) is 0 Å². The molecule has 2 heteroatoms. The van der Waals surface area contributed by atoms with Crippen LogP contribution in [0.1, 0.15) is 19.4 Å². The van der Waals surface area contributed by atoms with Crippen LogP contribution in [-0.4, -0.2) is 12.0 Å². The van der Waals surface area contributed by atoms with E-state index >= 15 is 0 Å². The van der Waals surface area contributed by atoms with Gasteiger partial charge in [0.25, 0.3) is 0 Å².